The number of hydrogen-bond acceptors (Lipinski definition) is 5. The van der Waals surface area contributed by atoms with Gasteiger partial charge in [-0.05, 0) is 37.6 Å². The van der Waals surface area contributed by atoms with Crippen LogP contribution in [-0.4, -0.2) is 72.9 Å². The Kier molecular flexibility index (Phi) is 5.85. The van der Waals surface area contributed by atoms with Gasteiger partial charge in [-0.1, -0.05) is 26.0 Å². The first kappa shape index (κ1) is 19.4. The van der Waals surface area contributed by atoms with E-state index in [0.29, 0.717) is 30.3 Å². The summed E-state index contributed by atoms with van der Waals surface area (Å²) in [5, 5.41) is 0. The molecule has 1 saturated heterocycles. The minimum Gasteiger partial charge on any atom is -0.493 e. The zero-order valence-corrected chi connectivity index (χ0v) is 16.7. The summed E-state index contributed by atoms with van der Waals surface area (Å²) >= 11 is 0. The van der Waals surface area contributed by atoms with E-state index in [1.165, 1.54) is 4.90 Å². The minimum absolute atomic E-state index is 0.179. The maximum absolute atomic E-state index is 12.9. The zero-order valence-electron chi connectivity index (χ0n) is 16.7. The van der Waals surface area contributed by atoms with E-state index < -0.39 is 0 Å². The maximum Gasteiger partial charge on any atom is 0.277 e. The molecule has 0 saturated carbocycles. The first-order valence-electron chi connectivity index (χ1n) is 9.69. The molecular formula is C21H29N3O3. The van der Waals surface area contributed by atoms with Gasteiger partial charge in [0, 0.05) is 32.7 Å². The van der Waals surface area contributed by atoms with Crippen LogP contribution in [0.15, 0.2) is 30.0 Å². The third-order valence-electron chi connectivity index (χ3n) is 5.01. The second-order valence-corrected chi connectivity index (χ2v) is 7.60. The first-order chi connectivity index (χ1) is 12.9. The van der Waals surface area contributed by atoms with Gasteiger partial charge in [0.15, 0.2) is 0 Å². The number of rotatable bonds is 6. The number of piperazine rings is 1. The van der Waals surface area contributed by atoms with Gasteiger partial charge in [-0.2, -0.15) is 0 Å². The lowest BCUT2D eigenvalue weighted by Gasteiger charge is -2.34. The van der Waals surface area contributed by atoms with Crippen molar-refractivity contribution < 1.29 is 14.3 Å². The van der Waals surface area contributed by atoms with Crippen LogP contribution in [0.25, 0.3) is 5.57 Å². The third-order valence-corrected chi connectivity index (χ3v) is 5.01. The summed E-state index contributed by atoms with van der Waals surface area (Å²) in [6.07, 6.45) is 0. The Labute approximate surface area is 161 Å². The summed E-state index contributed by atoms with van der Waals surface area (Å²) in [5.74, 6) is 0.844. The van der Waals surface area contributed by atoms with Crippen LogP contribution in [0.3, 0.4) is 0 Å². The van der Waals surface area contributed by atoms with Crippen LogP contribution in [0.5, 0.6) is 5.75 Å². The first-order valence-corrected chi connectivity index (χ1v) is 9.69. The lowest BCUT2D eigenvalue weighted by Crippen LogP contribution is -2.46. The van der Waals surface area contributed by atoms with E-state index in [0.717, 1.165) is 37.5 Å². The van der Waals surface area contributed by atoms with Crippen molar-refractivity contribution in [3.05, 3.63) is 35.5 Å². The number of likely N-dealkylation sites (N-methyl/N-ethyl adjacent to an activating group) is 2. The zero-order chi connectivity index (χ0) is 19.6. The Bertz CT molecular complexity index is 732. The highest BCUT2D eigenvalue weighted by molar-refractivity contribution is 6.35. The molecule has 2 heterocycles. The Morgan fingerprint density at radius 3 is 2.19 bits per heavy atom. The number of benzene rings is 1. The lowest BCUT2D eigenvalue weighted by molar-refractivity contribution is -0.137. The maximum atomic E-state index is 12.9. The molecule has 2 amide bonds. The van der Waals surface area contributed by atoms with Gasteiger partial charge >= 0.3 is 0 Å². The smallest absolute Gasteiger partial charge is 0.277 e. The number of ether oxygens (including phenoxy) is 1. The van der Waals surface area contributed by atoms with Gasteiger partial charge in [0.25, 0.3) is 11.8 Å². The van der Waals surface area contributed by atoms with E-state index in [9.17, 15) is 9.59 Å². The van der Waals surface area contributed by atoms with Crippen molar-refractivity contribution in [1.29, 1.82) is 0 Å². The third kappa shape index (κ3) is 4.00. The molecular weight excluding hydrogens is 342 g/mol. The number of hydrogen-bond donors (Lipinski definition) is 0. The summed E-state index contributed by atoms with van der Waals surface area (Å²) < 4.78 is 5.74. The molecule has 3 rings (SSSR count). The van der Waals surface area contributed by atoms with Crippen LogP contribution in [-0.2, 0) is 9.59 Å². The highest BCUT2D eigenvalue weighted by Gasteiger charge is 2.41. The van der Waals surface area contributed by atoms with E-state index in [1.807, 2.05) is 31.2 Å². The molecule has 1 fully saturated rings. The van der Waals surface area contributed by atoms with E-state index in [1.54, 1.807) is 0 Å². The molecule has 1 aromatic carbocycles. The van der Waals surface area contributed by atoms with Gasteiger partial charge in [0.2, 0.25) is 0 Å². The van der Waals surface area contributed by atoms with Crippen LogP contribution < -0.4 is 4.74 Å². The minimum atomic E-state index is -0.202. The molecule has 2 aliphatic heterocycles. The Morgan fingerprint density at radius 1 is 1.00 bits per heavy atom. The predicted octanol–water partition coefficient (Wildman–Crippen LogP) is 2.07. The van der Waals surface area contributed by atoms with Crippen molar-refractivity contribution in [2.45, 2.75) is 20.8 Å². The van der Waals surface area contributed by atoms with E-state index in [4.69, 9.17) is 4.74 Å². The molecule has 6 heteroatoms. The number of amides is 2. The van der Waals surface area contributed by atoms with Gasteiger partial charge in [0.05, 0.1) is 12.2 Å². The summed E-state index contributed by atoms with van der Waals surface area (Å²) in [6, 6.07) is 7.51. The topological polar surface area (TPSA) is 53.1 Å². The Balaban J connectivity index is 1.92. The van der Waals surface area contributed by atoms with Crippen LogP contribution in [0, 0.1) is 5.92 Å². The van der Waals surface area contributed by atoms with Crippen molar-refractivity contribution >= 4 is 17.4 Å². The van der Waals surface area contributed by atoms with Gasteiger partial charge in [-0.3, -0.25) is 14.5 Å². The van der Waals surface area contributed by atoms with Crippen molar-refractivity contribution in [2.24, 2.45) is 5.92 Å². The SMILES string of the molecule is CCN1C(=O)C(c2ccc(OCC(C)C)cc2)=C(N2CCN(C)CC2)C1=O. The summed E-state index contributed by atoms with van der Waals surface area (Å²) in [4.78, 5) is 31.5. The molecule has 2 aliphatic rings. The largest absolute Gasteiger partial charge is 0.493 e. The molecule has 6 nitrogen and oxygen atoms in total. The van der Waals surface area contributed by atoms with Crippen molar-refractivity contribution in [2.75, 3.05) is 46.4 Å². The lowest BCUT2D eigenvalue weighted by atomic mass is 10.0. The van der Waals surface area contributed by atoms with Gasteiger partial charge in [-0.15, -0.1) is 0 Å². The number of carbonyl (C=O) groups excluding carboxylic acids is 2. The van der Waals surface area contributed by atoms with Crippen molar-refractivity contribution in [1.82, 2.24) is 14.7 Å². The second-order valence-electron chi connectivity index (χ2n) is 7.60. The average Bonchev–Trinajstić information content (AvgIpc) is 2.91. The van der Waals surface area contributed by atoms with Crippen molar-refractivity contribution in [3.8, 4) is 5.75 Å². The highest BCUT2D eigenvalue weighted by atomic mass is 16.5. The molecule has 0 spiro atoms. The molecule has 0 atom stereocenters. The molecule has 1 aromatic rings. The Morgan fingerprint density at radius 2 is 1.63 bits per heavy atom. The number of carbonyl (C=O) groups is 2. The fraction of sp³-hybridized carbons (Fsp3) is 0.524. The summed E-state index contributed by atoms with van der Waals surface area (Å²) in [7, 11) is 2.07. The normalized spacial score (nSPS) is 18.9. The summed E-state index contributed by atoms with van der Waals surface area (Å²) in [6.45, 7) is 10.3. The van der Waals surface area contributed by atoms with Crippen LogP contribution in [0.2, 0.25) is 0 Å². The summed E-state index contributed by atoms with van der Waals surface area (Å²) in [5.41, 5.74) is 1.84. The second kappa shape index (κ2) is 8.13. The van der Waals surface area contributed by atoms with Crippen LogP contribution in [0.4, 0.5) is 0 Å². The molecule has 0 radical (unpaired) electrons. The fourth-order valence-electron chi connectivity index (χ4n) is 3.41. The van der Waals surface area contributed by atoms with Crippen LogP contribution >= 0.6 is 0 Å². The molecule has 0 unspecified atom stereocenters. The van der Waals surface area contributed by atoms with E-state index in [2.05, 4.69) is 30.7 Å². The number of imide groups is 1. The molecule has 0 N–H and O–H groups in total. The average molecular weight is 371 g/mol. The number of nitrogens with zero attached hydrogens (tertiary/aromatic N) is 3. The predicted molar refractivity (Wildman–Crippen MR) is 105 cm³/mol. The quantitative estimate of drug-likeness (QED) is 0.717. The Hall–Kier alpha value is -2.34. The van der Waals surface area contributed by atoms with Crippen LogP contribution in [0.1, 0.15) is 26.3 Å². The molecule has 27 heavy (non-hydrogen) atoms. The highest BCUT2D eigenvalue weighted by Crippen LogP contribution is 2.32. The molecule has 146 valence electrons. The van der Waals surface area contributed by atoms with Gasteiger partial charge in [0.1, 0.15) is 11.4 Å². The van der Waals surface area contributed by atoms with E-state index in [-0.39, 0.29) is 11.8 Å². The standard InChI is InChI=1S/C21H29N3O3/c1-5-24-20(25)18(16-6-8-17(9-7-16)27-14-15(2)3)19(21(24)26)23-12-10-22(4)11-13-23/h6-9,15H,5,10-14H2,1-4H3. The van der Waals surface area contributed by atoms with Crippen molar-refractivity contribution in [3.63, 3.8) is 0 Å². The monoisotopic (exact) mass is 371 g/mol. The molecule has 0 aliphatic carbocycles. The fourth-order valence-corrected chi connectivity index (χ4v) is 3.41. The van der Waals surface area contributed by atoms with Gasteiger partial charge in [-0.25, -0.2) is 0 Å². The van der Waals surface area contributed by atoms with E-state index >= 15 is 0 Å². The van der Waals surface area contributed by atoms with Gasteiger partial charge < -0.3 is 14.5 Å². The molecule has 0 aromatic heterocycles. The molecule has 0 bridgehead atoms.